The molecule has 0 atom stereocenters. The van der Waals surface area contributed by atoms with Crippen LogP contribution in [0.2, 0.25) is 0 Å². The summed E-state index contributed by atoms with van der Waals surface area (Å²) in [4.78, 5) is 15.4. The molecule has 0 saturated carbocycles. The summed E-state index contributed by atoms with van der Waals surface area (Å²) in [6.45, 7) is 1.89. The van der Waals surface area contributed by atoms with E-state index in [0.29, 0.717) is 17.4 Å². The molecule has 2 N–H and O–H groups in total. The van der Waals surface area contributed by atoms with E-state index in [9.17, 15) is 0 Å². The molecule has 5 nitrogen and oxygen atoms in total. The quantitative estimate of drug-likeness (QED) is 0.543. The fourth-order valence-electron chi connectivity index (χ4n) is 2.46. The van der Waals surface area contributed by atoms with Crippen LogP contribution in [0.1, 0.15) is 16.3 Å². The van der Waals surface area contributed by atoms with Crippen LogP contribution in [-0.4, -0.2) is 15.0 Å². The molecule has 0 aliphatic heterocycles. The van der Waals surface area contributed by atoms with Gasteiger partial charge in [-0.3, -0.25) is 4.98 Å². The first-order valence-electron chi connectivity index (χ1n) is 7.32. The Labute approximate surface area is 150 Å². The Morgan fingerprint density at radius 2 is 2.12 bits per heavy atom. The summed E-state index contributed by atoms with van der Waals surface area (Å²) in [6.07, 6.45) is 2.51. The molecular formula is C17H13BrN4OS. The van der Waals surface area contributed by atoms with Gasteiger partial charge in [-0.2, -0.15) is 0 Å². The maximum Gasteiger partial charge on any atom is 0.199 e. The number of fused-ring (bicyclic) bond motifs is 1. The predicted molar refractivity (Wildman–Crippen MR) is 99.0 cm³/mol. The second kappa shape index (κ2) is 5.99. The summed E-state index contributed by atoms with van der Waals surface area (Å²) in [5, 5.41) is 0.870. The Morgan fingerprint density at radius 1 is 1.25 bits per heavy atom. The molecule has 0 saturated heterocycles. The topological polar surface area (TPSA) is 77.8 Å². The summed E-state index contributed by atoms with van der Waals surface area (Å²) in [5.74, 6) is 2.43. The van der Waals surface area contributed by atoms with E-state index in [1.807, 2.05) is 37.3 Å². The van der Waals surface area contributed by atoms with Crippen molar-refractivity contribution in [1.82, 2.24) is 15.0 Å². The van der Waals surface area contributed by atoms with E-state index in [1.54, 1.807) is 17.5 Å². The highest BCUT2D eigenvalue weighted by atomic mass is 79.9. The molecule has 4 aromatic heterocycles. The van der Waals surface area contributed by atoms with Crippen molar-refractivity contribution in [2.24, 2.45) is 0 Å². The molecule has 0 unspecified atom stereocenters. The number of nitrogens with two attached hydrogens (primary N) is 1. The first-order valence-corrected chi connectivity index (χ1v) is 8.93. The number of halogens is 1. The Balaban J connectivity index is 1.75. The summed E-state index contributed by atoms with van der Waals surface area (Å²) >= 11 is 5.13. The van der Waals surface area contributed by atoms with Gasteiger partial charge in [0.15, 0.2) is 11.6 Å². The standard InChI is InChI=1S/C17H13BrN4OS/c1-9-4-5-14(23-9)16-21-15(19)11-7-10(24-17(11)22-16)8-13-12(18)3-2-6-20-13/h2-7H,8H2,1H3,(H2,19,21,22). The molecule has 120 valence electrons. The van der Waals surface area contributed by atoms with E-state index in [-0.39, 0.29) is 0 Å². The molecule has 0 fully saturated rings. The molecule has 0 radical (unpaired) electrons. The molecule has 0 aliphatic carbocycles. The van der Waals surface area contributed by atoms with Crippen molar-refractivity contribution in [3.63, 3.8) is 0 Å². The highest BCUT2D eigenvalue weighted by molar-refractivity contribution is 9.10. The van der Waals surface area contributed by atoms with E-state index in [0.717, 1.165) is 37.4 Å². The van der Waals surface area contributed by atoms with Crippen molar-refractivity contribution in [2.45, 2.75) is 13.3 Å². The van der Waals surface area contributed by atoms with Gasteiger partial charge in [0.05, 0.1) is 11.1 Å². The van der Waals surface area contributed by atoms with Gasteiger partial charge in [-0.1, -0.05) is 0 Å². The molecule has 24 heavy (non-hydrogen) atoms. The van der Waals surface area contributed by atoms with Crippen LogP contribution in [-0.2, 0) is 6.42 Å². The number of thiophene rings is 1. The van der Waals surface area contributed by atoms with Gasteiger partial charge in [-0.25, -0.2) is 9.97 Å². The smallest absolute Gasteiger partial charge is 0.199 e. The number of rotatable bonds is 3. The van der Waals surface area contributed by atoms with Crippen LogP contribution in [0.4, 0.5) is 5.82 Å². The van der Waals surface area contributed by atoms with Crippen molar-refractivity contribution in [1.29, 1.82) is 0 Å². The monoisotopic (exact) mass is 400 g/mol. The largest absolute Gasteiger partial charge is 0.458 e. The molecule has 0 bridgehead atoms. The molecule has 4 rings (SSSR count). The fourth-order valence-corrected chi connectivity index (χ4v) is 3.89. The van der Waals surface area contributed by atoms with Crippen LogP contribution >= 0.6 is 27.3 Å². The number of hydrogen-bond acceptors (Lipinski definition) is 6. The molecular weight excluding hydrogens is 388 g/mol. The lowest BCUT2D eigenvalue weighted by Gasteiger charge is -1.99. The van der Waals surface area contributed by atoms with E-state index in [2.05, 4.69) is 30.9 Å². The number of nitrogen functional groups attached to an aromatic ring is 1. The lowest BCUT2D eigenvalue weighted by atomic mass is 10.2. The van der Waals surface area contributed by atoms with Gasteiger partial charge in [0.2, 0.25) is 0 Å². The second-order valence-electron chi connectivity index (χ2n) is 5.38. The average Bonchev–Trinajstić information content (AvgIpc) is 3.16. The second-order valence-corrected chi connectivity index (χ2v) is 7.35. The number of aromatic nitrogens is 3. The predicted octanol–water partition coefficient (Wildman–Crippen LogP) is 4.59. The number of nitrogens with zero attached hydrogens (tertiary/aromatic N) is 3. The van der Waals surface area contributed by atoms with Crippen LogP contribution in [0.5, 0.6) is 0 Å². The van der Waals surface area contributed by atoms with Crippen LogP contribution in [0.3, 0.4) is 0 Å². The molecule has 0 aliphatic rings. The van der Waals surface area contributed by atoms with Crippen LogP contribution in [0, 0.1) is 6.92 Å². The first-order chi connectivity index (χ1) is 11.6. The summed E-state index contributed by atoms with van der Waals surface area (Å²) in [5.41, 5.74) is 7.11. The maximum atomic E-state index is 6.13. The van der Waals surface area contributed by atoms with Gasteiger partial charge in [0, 0.05) is 22.0 Å². The van der Waals surface area contributed by atoms with Gasteiger partial charge in [0.25, 0.3) is 0 Å². The molecule has 4 heterocycles. The minimum atomic E-state index is 0.464. The van der Waals surface area contributed by atoms with Crippen molar-refractivity contribution < 1.29 is 4.42 Å². The van der Waals surface area contributed by atoms with Crippen molar-refractivity contribution in [3.05, 3.63) is 57.3 Å². The molecule has 0 aromatic carbocycles. The number of hydrogen-bond donors (Lipinski definition) is 1. The first kappa shape index (κ1) is 15.3. The third-order valence-corrected chi connectivity index (χ3v) is 5.36. The maximum absolute atomic E-state index is 6.13. The van der Waals surface area contributed by atoms with Gasteiger partial charge >= 0.3 is 0 Å². The lowest BCUT2D eigenvalue weighted by molar-refractivity contribution is 0.544. The molecule has 7 heteroatoms. The average molecular weight is 401 g/mol. The van der Waals surface area contributed by atoms with E-state index in [1.165, 1.54) is 0 Å². The van der Waals surface area contributed by atoms with Crippen LogP contribution in [0.15, 0.2) is 45.4 Å². The van der Waals surface area contributed by atoms with Gasteiger partial charge in [-0.05, 0) is 53.2 Å². The summed E-state index contributed by atoms with van der Waals surface area (Å²) < 4.78 is 6.59. The Hall–Kier alpha value is -2.25. The third kappa shape index (κ3) is 2.81. The lowest BCUT2D eigenvalue weighted by Crippen LogP contribution is -1.95. The number of aryl methyl sites for hydroxylation is 1. The number of pyridine rings is 1. The molecule has 0 spiro atoms. The fraction of sp³-hybridized carbons (Fsp3) is 0.118. The summed E-state index contributed by atoms with van der Waals surface area (Å²) in [7, 11) is 0. The molecule has 0 amide bonds. The van der Waals surface area contributed by atoms with Crippen molar-refractivity contribution >= 4 is 43.3 Å². The van der Waals surface area contributed by atoms with E-state index >= 15 is 0 Å². The van der Waals surface area contributed by atoms with Gasteiger partial charge in [-0.15, -0.1) is 11.3 Å². The van der Waals surface area contributed by atoms with Crippen molar-refractivity contribution in [3.8, 4) is 11.6 Å². The van der Waals surface area contributed by atoms with Crippen LogP contribution in [0.25, 0.3) is 21.8 Å². The SMILES string of the molecule is Cc1ccc(-c2nc(N)c3cc(Cc4ncccc4Br)sc3n2)o1. The molecule has 4 aromatic rings. The van der Waals surface area contributed by atoms with Gasteiger partial charge < -0.3 is 10.2 Å². The number of anilines is 1. The highest BCUT2D eigenvalue weighted by Crippen LogP contribution is 2.32. The Kier molecular flexibility index (Phi) is 3.82. The zero-order valence-electron chi connectivity index (χ0n) is 12.8. The third-order valence-electron chi connectivity index (χ3n) is 3.61. The number of furan rings is 1. The normalized spacial score (nSPS) is 11.2. The zero-order valence-corrected chi connectivity index (χ0v) is 15.2. The summed E-state index contributed by atoms with van der Waals surface area (Å²) in [6, 6.07) is 9.67. The minimum absolute atomic E-state index is 0.464. The zero-order chi connectivity index (χ0) is 16.7. The van der Waals surface area contributed by atoms with E-state index in [4.69, 9.17) is 10.2 Å². The minimum Gasteiger partial charge on any atom is -0.458 e. The highest BCUT2D eigenvalue weighted by Gasteiger charge is 2.14. The van der Waals surface area contributed by atoms with E-state index < -0.39 is 0 Å². The Morgan fingerprint density at radius 3 is 2.88 bits per heavy atom. The van der Waals surface area contributed by atoms with Gasteiger partial charge in [0.1, 0.15) is 16.4 Å². The Bertz CT molecular complexity index is 1040. The van der Waals surface area contributed by atoms with Crippen molar-refractivity contribution in [2.75, 3.05) is 5.73 Å². The van der Waals surface area contributed by atoms with Crippen LogP contribution < -0.4 is 5.73 Å².